The number of carbonyl (C=O) groups excluding carboxylic acids is 1. The number of fused-ring (bicyclic) bond motifs is 1. The molecule has 6 nitrogen and oxygen atoms in total. The number of hydrogen-bond donors (Lipinski definition) is 3. The second kappa shape index (κ2) is 5.70. The Hall–Kier alpha value is -2.76. The van der Waals surface area contributed by atoms with Gasteiger partial charge in [-0.3, -0.25) is 14.2 Å². The van der Waals surface area contributed by atoms with Crippen molar-refractivity contribution in [2.24, 2.45) is 5.73 Å². The average Bonchev–Trinajstić information content (AvgIpc) is 2.54. The fourth-order valence-electron chi connectivity index (χ4n) is 3.59. The van der Waals surface area contributed by atoms with E-state index in [1.807, 2.05) is 6.92 Å². The summed E-state index contributed by atoms with van der Waals surface area (Å²) in [7, 11) is 0. The highest BCUT2D eigenvalue weighted by molar-refractivity contribution is 5.99. The van der Waals surface area contributed by atoms with Gasteiger partial charge < -0.3 is 16.6 Å². The highest BCUT2D eigenvalue weighted by atomic mass is 16.3. The Morgan fingerprint density at radius 1 is 1.17 bits per heavy atom. The summed E-state index contributed by atoms with van der Waals surface area (Å²) in [5.41, 5.74) is 14.9. The van der Waals surface area contributed by atoms with Gasteiger partial charge in [-0.1, -0.05) is 6.07 Å². The predicted molar refractivity (Wildman–Crippen MR) is 92.8 cm³/mol. The van der Waals surface area contributed by atoms with E-state index in [-0.39, 0.29) is 22.7 Å². The molecule has 1 amide bonds. The molecule has 0 bridgehead atoms. The maximum Gasteiger partial charge on any atom is 0.260 e. The quantitative estimate of drug-likeness (QED) is 0.779. The highest BCUT2D eigenvalue weighted by Crippen LogP contribution is 2.31. The topological polar surface area (TPSA) is 111 Å². The minimum atomic E-state index is -0.630. The zero-order valence-electron chi connectivity index (χ0n) is 13.8. The molecule has 1 aliphatic rings. The monoisotopic (exact) mass is 327 g/mol. The second-order valence-electron chi connectivity index (χ2n) is 6.30. The van der Waals surface area contributed by atoms with E-state index in [0.29, 0.717) is 35.2 Å². The lowest BCUT2D eigenvalue weighted by molar-refractivity contribution is 0.0999. The van der Waals surface area contributed by atoms with E-state index in [1.54, 1.807) is 19.1 Å². The number of aryl methyl sites for hydroxylation is 1. The lowest BCUT2D eigenvalue weighted by Crippen LogP contribution is -2.33. The predicted octanol–water partition coefficient (Wildman–Crippen LogP) is 1.72. The molecule has 2 aromatic rings. The van der Waals surface area contributed by atoms with Crippen LogP contribution in [0, 0.1) is 13.8 Å². The lowest BCUT2D eigenvalue weighted by Gasteiger charge is -2.24. The normalized spacial score (nSPS) is 13.6. The molecule has 1 heterocycles. The van der Waals surface area contributed by atoms with Gasteiger partial charge in [0.15, 0.2) is 0 Å². The number of nitrogens with zero attached hydrogens (tertiary/aromatic N) is 1. The van der Waals surface area contributed by atoms with Crippen molar-refractivity contribution in [2.75, 3.05) is 5.73 Å². The number of nitrogen functional groups attached to an aromatic ring is 1. The molecule has 126 valence electrons. The first kappa shape index (κ1) is 16.1. The molecule has 0 fully saturated rings. The first-order valence-electron chi connectivity index (χ1n) is 8.00. The van der Waals surface area contributed by atoms with Crippen LogP contribution < -0.4 is 17.0 Å². The Labute approximate surface area is 139 Å². The Kier molecular flexibility index (Phi) is 3.83. The van der Waals surface area contributed by atoms with Crippen LogP contribution in [0.1, 0.15) is 45.5 Å². The second-order valence-corrected chi connectivity index (χ2v) is 6.30. The maximum absolute atomic E-state index is 13.1. The van der Waals surface area contributed by atoms with Gasteiger partial charge >= 0.3 is 0 Å². The molecule has 0 aliphatic heterocycles. The number of phenolic OH excluding ortho intramolecular Hbond substituents is 1. The molecule has 0 saturated heterocycles. The van der Waals surface area contributed by atoms with E-state index in [9.17, 15) is 14.7 Å². The summed E-state index contributed by atoms with van der Waals surface area (Å²) < 4.78 is 1.33. The van der Waals surface area contributed by atoms with Crippen molar-refractivity contribution in [3.63, 3.8) is 0 Å². The molecule has 6 heteroatoms. The van der Waals surface area contributed by atoms with Crippen LogP contribution >= 0.6 is 0 Å². The average molecular weight is 327 g/mol. The Morgan fingerprint density at radius 2 is 1.79 bits per heavy atom. The third kappa shape index (κ3) is 2.26. The van der Waals surface area contributed by atoms with Crippen molar-refractivity contribution < 1.29 is 9.90 Å². The van der Waals surface area contributed by atoms with Crippen LogP contribution in [0.3, 0.4) is 0 Å². The summed E-state index contributed by atoms with van der Waals surface area (Å²) in [4.78, 5) is 25.1. The molecule has 1 aromatic heterocycles. The van der Waals surface area contributed by atoms with Gasteiger partial charge in [0.05, 0.1) is 11.3 Å². The molecule has 0 saturated carbocycles. The Bertz CT molecular complexity index is 913. The Morgan fingerprint density at radius 3 is 2.42 bits per heavy atom. The summed E-state index contributed by atoms with van der Waals surface area (Å²) in [6, 6.07) is 3.29. The van der Waals surface area contributed by atoms with Crippen LogP contribution in [0.15, 0.2) is 16.9 Å². The molecule has 0 radical (unpaired) electrons. The van der Waals surface area contributed by atoms with Gasteiger partial charge in [0, 0.05) is 11.1 Å². The number of rotatable bonds is 2. The number of aromatic nitrogens is 1. The van der Waals surface area contributed by atoms with E-state index in [1.165, 1.54) is 4.57 Å². The number of hydrogen-bond acceptors (Lipinski definition) is 4. The van der Waals surface area contributed by atoms with Crippen molar-refractivity contribution in [2.45, 2.75) is 39.5 Å². The third-order valence-corrected chi connectivity index (χ3v) is 4.80. The van der Waals surface area contributed by atoms with Crippen LogP contribution in [0.2, 0.25) is 0 Å². The molecular weight excluding hydrogens is 306 g/mol. The standard InChI is InChI=1S/C18H21N3O3/c1-9-7-8-13(22)10(2)15(9)21-16(19)14(17(20)23)11-5-3-4-6-12(11)18(21)24/h7-8,22H,3-6,19H2,1-2H3,(H2,20,23). The molecule has 0 spiro atoms. The molecular formula is C18H21N3O3. The Balaban J connectivity index is 2.47. The van der Waals surface area contributed by atoms with E-state index in [0.717, 1.165) is 18.4 Å². The number of carbonyl (C=O) groups is 1. The van der Waals surface area contributed by atoms with Gasteiger partial charge in [-0.25, -0.2) is 0 Å². The van der Waals surface area contributed by atoms with Crippen LogP contribution in [0.5, 0.6) is 5.75 Å². The zero-order valence-corrected chi connectivity index (χ0v) is 13.8. The molecule has 0 unspecified atom stereocenters. The number of primary amides is 1. The van der Waals surface area contributed by atoms with Gasteiger partial charge in [0.25, 0.3) is 11.5 Å². The molecule has 24 heavy (non-hydrogen) atoms. The van der Waals surface area contributed by atoms with E-state index in [4.69, 9.17) is 11.5 Å². The number of amides is 1. The first-order valence-corrected chi connectivity index (χ1v) is 8.00. The molecule has 3 rings (SSSR count). The van der Waals surface area contributed by atoms with Gasteiger partial charge in [0.2, 0.25) is 0 Å². The van der Waals surface area contributed by atoms with E-state index >= 15 is 0 Å². The number of pyridine rings is 1. The van der Waals surface area contributed by atoms with Gasteiger partial charge in [0.1, 0.15) is 11.6 Å². The SMILES string of the molecule is Cc1ccc(O)c(C)c1-n1c(N)c(C(N)=O)c2c(c1=O)CCCC2. The van der Waals surface area contributed by atoms with E-state index in [2.05, 4.69) is 0 Å². The number of aromatic hydroxyl groups is 1. The summed E-state index contributed by atoms with van der Waals surface area (Å²) in [6.45, 7) is 3.55. The van der Waals surface area contributed by atoms with Gasteiger partial charge in [-0.15, -0.1) is 0 Å². The van der Waals surface area contributed by atoms with Crippen molar-refractivity contribution in [3.05, 3.63) is 50.3 Å². The smallest absolute Gasteiger partial charge is 0.260 e. The number of nitrogens with two attached hydrogens (primary N) is 2. The van der Waals surface area contributed by atoms with Crippen LogP contribution in [-0.2, 0) is 12.8 Å². The molecule has 1 aliphatic carbocycles. The highest BCUT2D eigenvalue weighted by Gasteiger charge is 2.27. The summed E-state index contributed by atoms with van der Waals surface area (Å²) in [5.74, 6) is -0.514. The number of benzene rings is 1. The lowest BCUT2D eigenvalue weighted by atomic mass is 9.88. The largest absolute Gasteiger partial charge is 0.508 e. The molecule has 0 atom stereocenters. The fraction of sp³-hybridized carbons (Fsp3) is 0.333. The molecule has 1 aromatic carbocycles. The molecule has 5 N–H and O–H groups in total. The number of anilines is 1. The van der Waals surface area contributed by atoms with Gasteiger partial charge in [-0.2, -0.15) is 0 Å². The van der Waals surface area contributed by atoms with E-state index < -0.39 is 5.91 Å². The minimum absolute atomic E-state index is 0.0463. The summed E-state index contributed by atoms with van der Waals surface area (Å²) in [5, 5.41) is 10.0. The third-order valence-electron chi connectivity index (χ3n) is 4.80. The summed E-state index contributed by atoms with van der Waals surface area (Å²) >= 11 is 0. The first-order chi connectivity index (χ1) is 11.3. The van der Waals surface area contributed by atoms with Crippen LogP contribution in [0.4, 0.5) is 5.82 Å². The van der Waals surface area contributed by atoms with Crippen molar-refractivity contribution >= 4 is 11.7 Å². The summed E-state index contributed by atoms with van der Waals surface area (Å²) in [6.07, 6.45) is 3.03. The zero-order chi connectivity index (χ0) is 17.6. The van der Waals surface area contributed by atoms with Crippen molar-refractivity contribution in [3.8, 4) is 11.4 Å². The number of phenols is 1. The van der Waals surface area contributed by atoms with Crippen LogP contribution in [0.25, 0.3) is 5.69 Å². The van der Waals surface area contributed by atoms with Gasteiger partial charge in [-0.05, 0) is 56.7 Å². The van der Waals surface area contributed by atoms with Crippen LogP contribution in [-0.4, -0.2) is 15.6 Å². The minimum Gasteiger partial charge on any atom is -0.508 e. The van der Waals surface area contributed by atoms with Crippen molar-refractivity contribution in [1.82, 2.24) is 4.57 Å². The van der Waals surface area contributed by atoms with Crippen molar-refractivity contribution in [1.29, 1.82) is 0 Å². The fourth-order valence-corrected chi connectivity index (χ4v) is 3.59. The maximum atomic E-state index is 13.1.